The Hall–Kier alpha value is -2.46. The van der Waals surface area contributed by atoms with E-state index in [-0.39, 0.29) is 5.91 Å². The summed E-state index contributed by atoms with van der Waals surface area (Å²) in [4.78, 5) is 13.1. The van der Waals surface area contributed by atoms with Crippen molar-refractivity contribution in [2.24, 2.45) is 0 Å². The molecule has 1 aromatic heterocycles. The Morgan fingerprint density at radius 3 is 2.62 bits per heavy atom. The number of aromatic nitrogens is 1. The third kappa shape index (κ3) is 3.29. The summed E-state index contributed by atoms with van der Waals surface area (Å²) in [5, 5.41) is 4.64. The van der Waals surface area contributed by atoms with Gasteiger partial charge < -0.3 is 14.6 Å². The molecule has 0 atom stereocenters. The van der Waals surface area contributed by atoms with E-state index in [2.05, 4.69) is 5.32 Å². The van der Waals surface area contributed by atoms with E-state index in [0.717, 1.165) is 33.5 Å². The van der Waals surface area contributed by atoms with Crippen LogP contribution in [0.5, 0.6) is 5.75 Å². The number of nitrogens with zero attached hydrogens (tertiary/aromatic N) is 1. The first-order valence-corrected chi connectivity index (χ1v) is 9.17. The maximum absolute atomic E-state index is 13.1. The molecule has 0 spiro atoms. The molecule has 5 heteroatoms. The molecule has 0 aliphatic rings. The molecule has 2 aromatic carbocycles. The number of rotatable bonds is 5. The maximum Gasteiger partial charge on any atom is 0.272 e. The molecule has 26 heavy (non-hydrogen) atoms. The van der Waals surface area contributed by atoms with Gasteiger partial charge in [0.15, 0.2) is 0 Å². The number of nitrogens with one attached hydrogen (secondary N) is 1. The van der Waals surface area contributed by atoms with Gasteiger partial charge in [0.1, 0.15) is 11.4 Å². The first kappa shape index (κ1) is 18.3. The van der Waals surface area contributed by atoms with Gasteiger partial charge in [0.05, 0.1) is 6.61 Å². The smallest absolute Gasteiger partial charge is 0.272 e. The highest BCUT2D eigenvalue weighted by molar-refractivity contribution is 6.31. The van der Waals surface area contributed by atoms with Crippen LogP contribution in [0, 0.1) is 13.8 Å². The van der Waals surface area contributed by atoms with E-state index in [0.29, 0.717) is 23.9 Å². The molecule has 0 saturated heterocycles. The standard InChI is InChI=1S/C21H23ClN2O2/c1-5-24-19-10-9-16(26-6-2)12-17(19)14(4)20(24)21(25)23-18-11-15(22)8-7-13(18)3/h7-12H,5-6H2,1-4H3,(H,23,25). The van der Waals surface area contributed by atoms with Crippen molar-refractivity contribution in [1.82, 2.24) is 4.57 Å². The molecule has 0 fully saturated rings. The molecule has 1 amide bonds. The molecule has 136 valence electrons. The molecule has 3 aromatic rings. The highest BCUT2D eigenvalue weighted by atomic mass is 35.5. The minimum Gasteiger partial charge on any atom is -0.494 e. The topological polar surface area (TPSA) is 43.3 Å². The van der Waals surface area contributed by atoms with Crippen LogP contribution in [0.15, 0.2) is 36.4 Å². The number of hydrogen-bond acceptors (Lipinski definition) is 2. The average Bonchev–Trinajstić information content (AvgIpc) is 2.90. The van der Waals surface area contributed by atoms with Crippen molar-refractivity contribution in [2.75, 3.05) is 11.9 Å². The van der Waals surface area contributed by atoms with E-state index in [4.69, 9.17) is 16.3 Å². The third-order valence-corrected chi connectivity index (χ3v) is 4.81. The van der Waals surface area contributed by atoms with Gasteiger partial charge in [-0.1, -0.05) is 17.7 Å². The molecule has 0 unspecified atom stereocenters. The lowest BCUT2D eigenvalue weighted by molar-refractivity contribution is 0.101. The summed E-state index contributed by atoms with van der Waals surface area (Å²) in [5.41, 5.74) is 4.33. The lowest BCUT2D eigenvalue weighted by Crippen LogP contribution is -2.18. The number of benzene rings is 2. The molecule has 0 saturated carbocycles. The van der Waals surface area contributed by atoms with Gasteiger partial charge in [-0.25, -0.2) is 0 Å². The predicted octanol–water partition coefficient (Wildman–Crippen LogP) is 5.58. The number of amides is 1. The summed E-state index contributed by atoms with van der Waals surface area (Å²) >= 11 is 6.08. The monoisotopic (exact) mass is 370 g/mol. The maximum atomic E-state index is 13.1. The Balaban J connectivity index is 2.07. The van der Waals surface area contributed by atoms with E-state index in [9.17, 15) is 4.79 Å². The van der Waals surface area contributed by atoms with Gasteiger partial charge in [0.2, 0.25) is 0 Å². The first-order valence-electron chi connectivity index (χ1n) is 8.79. The fraction of sp³-hybridized carbons (Fsp3) is 0.286. The second kappa shape index (κ2) is 7.42. The molecule has 0 bridgehead atoms. The van der Waals surface area contributed by atoms with Crippen molar-refractivity contribution in [3.63, 3.8) is 0 Å². The van der Waals surface area contributed by atoms with Crippen LogP contribution in [-0.2, 0) is 6.54 Å². The molecule has 1 N–H and O–H groups in total. The Morgan fingerprint density at radius 1 is 1.15 bits per heavy atom. The SMILES string of the molecule is CCOc1ccc2c(c1)c(C)c(C(=O)Nc1cc(Cl)ccc1C)n2CC. The summed E-state index contributed by atoms with van der Waals surface area (Å²) in [7, 11) is 0. The van der Waals surface area contributed by atoms with Crippen molar-refractivity contribution < 1.29 is 9.53 Å². The largest absolute Gasteiger partial charge is 0.494 e. The Labute approximate surface area is 158 Å². The van der Waals surface area contributed by atoms with E-state index in [1.807, 2.05) is 62.6 Å². The van der Waals surface area contributed by atoms with Crippen LogP contribution in [0.1, 0.15) is 35.5 Å². The summed E-state index contributed by atoms with van der Waals surface area (Å²) in [5.74, 6) is 0.679. The van der Waals surface area contributed by atoms with Crippen molar-refractivity contribution in [2.45, 2.75) is 34.2 Å². The van der Waals surface area contributed by atoms with E-state index < -0.39 is 0 Å². The van der Waals surface area contributed by atoms with E-state index >= 15 is 0 Å². The number of carbonyl (C=O) groups excluding carboxylic acids is 1. The van der Waals surface area contributed by atoms with Gasteiger partial charge in [0.25, 0.3) is 5.91 Å². The Bertz CT molecular complexity index is 976. The molecule has 1 heterocycles. The second-order valence-corrected chi connectivity index (χ2v) is 6.68. The van der Waals surface area contributed by atoms with Crippen molar-refractivity contribution in [1.29, 1.82) is 0 Å². The predicted molar refractivity (Wildman–Crippen MR) is 108 cm³/mol. The highest BCUT2D eigenvalue weighted by Crippen LogP contribution is 2.30. The number of halogens is 1. The van der Waals surface area contributed by atoms with Gasteiger partial charge >= 0.3 is 0 Å². The fourth-order valence-corrected chi connectivity index (χ4v) is 3.46. The van der Waals surface area contributed by atoms with Gasteiger partial charge in [-0.15, -0.1) is 0 Å². The van der Waals surface area contributed by atoms with Gasteiger partial charge in [-0.3, -0.25) is 4.79 Å². The van der Waals surface area contributed by atoms with Crippen LogP contribution in [0.4, 0.5) is 5.69 Å². The summed E-state index contributed by atoms with van der Waals surface area (Å²) in [6, 6.07) is 11.4. The lowest BCUT2D eigenvalue weighted by Gasteiger charge is -2.12. The van der Waals surface area contributed by atoms with Crippen LogP contribution < -0.4 is 10.1 Å². The number of fused-ring (bicyclic) bond motifs is 1. The zero-order valence-electron chi connectivity index (χ0n) is 15.5. The first-order chi connectivity index (χ1) is 12.5. The van der Waals surface area contributed by atoms with Crippen molar-refractivity contribution in [3.8, 4) is 5.75 Å². The highest BCUT2D eigenvalue weighted by Gasteiger charge is 2.20. The van der Waals surface area contributed by atoms with Crippen molar-refractivity contribution >= 4 is 34.1 Å². The third-order valence-electron chi connectivity index (χ3n) is 4.58. The van der Waals surface area contributed by atoms with Gasteiger partial charge in [0, 0.05) is 28.2 Å². The zero-order valence-corrected chi connectivity index (χ0v) is 16.3. The number of ether oxygens (including phenoxy) is 1. The number of carbonyl (C=O) groups is 1. The minimum absolute atomic E-state index is 0.135. The minimum atomic E-state index is -0.135. The molecule has 0 radical (unpaired) electrons. The number of aryl methyl sites for hydroxylation is 3. The van der Waals surface area contributed by atoms with E-state index in [1.165, 1.54) is 0 Å². The molecular weight excluding hydrogens is 348 g/mol. The van der Waals surface area contributed by atoms with Crippen LogP contribution in [0.3, 0.4) is 0 Å². The van der Waals surface area contributed by atoms with Crippen LogP contribution >= 0.6 is 11.6 Å². The Kier molecular flexibility index (Phi) is 5.23. The van der Waals surface area contributed by atoms with Crippen LogP contribution in [-0.4, -0.2) is 17.1 Å². The second-order valence-electron chi connectivity index (χ2n) is 6.24. The number of anilines is 1. The van der Waals surface area contributed by atoms with Gasteiger partial charge in [-0.2, -0.15) is 0 Å². The summed E-state index contributed by atoms with van der Waals surface area (Å²) in [6.07, 6.45) is 0. The zero-order chi connectivity index (χ0) is 18.8. The molecule has 4 nitrogen and oxygen atoms in total. The van der Waals surface area contributed by atoms with Crippen LogP contribution in [0.2, 0.25) is 5.02 Å². The molecule has 0 aliphatic heterocycles. The lowest BCUT2D eigenvalue weighted by atomic mass is 10.1. The van der Waals surface area contributed by atoms with E-state index in [1.54, 1.807) is 6.07 Å². The molecular formula is C21H23ClN2O2. The molecule has 3 rings (SSSR count). The quantitative estimate of drug-likeness (QED) is 0.636. The van der Waals surface area contributed by atoms with Crippen molar-refractivity contribution in [3.05, 3.63) is 58.2 Å². The summed E-state index contributed by atoms with van der Waals surface area (Å²) < 4.78 is 7.65. The normalized spacial score (nSPS) is 11.0. The summed E-state index contributed by atoms with van der Waals surface area (Å²) in [6.45, 7) is 9.24. The average molecular weight is 371 g/mol. The Morgan fingerprint density at radius 2 is 1.92 bits per heavy atom. The van der Waals surface area contributed by atoms with Gasteiger partial charge in [-0.05, 0) is 69.2 Å². The fourth-order valence-electron chi connectivity index (χ4n) is 3.29. The van der Waals surface area contributed by atoms with Crippen LogP contribution in [0.25, 0.3) is 10.9 Å². The molecule has 0 aliphatic carbocycles. The number of hydrogen-bond donors (Lipinski definition) is 1.